The third kappa shape index (κ3) is 4.41. The van der Waals surface area contributed by atoms with Crippen LogP contribution < -0.4 is 0 Å². The van der Waals surface area contributed by atoms with E-state index in [1.807, 2.05) is 18.9 Å². The van der Waals surface area contributed by atoms with Gasteiger partial charge in [0.2, 0.25) is 0 Å². The predicted molar refractivity (Wildman–Crippen MR) is 74.2 cm³/mol. The van der Waals surface area contributed by atoms with Crippen molar-refractivity contribution in [3.63, 3.8) is 0 Å². The number of halogens is 1. The van der Waals surface area contributed by atoms with Crippen molar-refractivity contribution in [2.24, 2.45) is 0 Å². The molecule has 0 amide bonds. The van der Waals surface area contributed by atoms with Crippen LogP contribution in [0.5, 0.6) is 0 Å². The maximum absolute atomic E-state index is 12.2. The lowest BCUT2D eigenvalue weighted by atomic mass is 10.0. The molecule has 0 heterocycles. The van der Waals surface area contributed by atoms with Gasteiger partial charge in [0.25, 0.3) is 0 Å². The lowest BCUT2D eigenvalue weighted by molar-refractivity contribution is 0.0844. The monoisotopic (exact) mass is 269 g/mol. The summed E-state index contributed by atoms with van der Waals surface area (Å²) in [5, 5.41) is 9.87. The molecular formula is C14H20ClNO2. The van der Waals surface area contributed by atoms with E-state index in [-0.39, 0.29) is 17.9 Å². The fraction of sp³-hybridized carbons (Fsp3) is 0.500. The van der Waals surface area contributed by atoms with Crippen molar-refractivity contribution in [2.75, 3.05) is 13.6 Å². The quantitative estimate of drug-likeness (QED) is 0.807. The molecule has 0 radical (unpaired) electrons. The highest BCUT2D eigenvalue weighted by Gasteiger charge is 2.19. The number of aliphatic hydroxyl groups is 1. The first-order valence-electron chi connectivity index (χ1n) is 6.10. The number of hydrogen-bond donors (Lipinski definition) is 1. The summed E-state index contributed by atoms with van der Waals surface area (Å²) in [6.45, 7) is 4.32. The number of carbonyl (C=O) groups is 1. The first-order valence-corrected chi connectivity index (χ1v) is 6.47. The Morgan fingerprint density at radius 3 is 2.39 bits per heavy atom. The predicted octanol–water partition coefficient (Wildman–Crippen LogP) is 2.61. The Kier molecular flexibility index (Phi) is 5.79. The number of aliphatic hydroxyl groups excluding tert-OH is 1. The van der Waals surface area contributed by atoms with Gasteiger partial charge in [-0.3, -0.25) is 9.69 Å². The summed E-state index contributed by atoms with van der Waals surface area (Å²) in [5.41, 5.74) is 0.663. The smallest absolute Gasteiger partial charge is 0.179 e. The summed E-state index contributed by atoms with van der Waals surface area (Å²) in [6.07, 6.45) is 0.319. The van der Waals surface area contributed by atoms with Gasteiger partial charge in [0.15, 0.2) is 5.78 Å². The molecule has 0 aliphatic carbocycles. The molecule has 0 aliphatic heterocycles. The van der Waals surface area contributed by atoms with Gasteiger partial charge >= 0.3 is 0 Å². The van der Waals surface area contributed by atoms with Crippen LogP contribution in [0.25, 0.3) is 0 Å². The molecule has 0 saturated carbocycles. The van der Waals surface area contributed by atoms with Crippen molar-refractivity contribution in [2.45, 2.75) is 32.4 Å². The highest BCUT2D eigenvalue weighted by atomic mass is 35.5. The Morgan fingerprint density at radius 1 is 1.33 bits per heavy atom. The van der Waals surface area contributed by atoms with Gasteiger partial charge in [-0.05, 0) is 51.6 Å². The molecule has 1 aromatic carbocycles. The van der Waals surface area contributed by atoms with E-state index in [0.717, 1.165) is 0 Å². The van der Waals surface area contributed by atoms with Gasteiger partial charge in [-0.15, -0.1) is 0 Å². The highest BCUT2D eigenvalue weighted by molar-refractivity contribution is 6.30. The normalized spacial score (nSPS) is 14.6. The average molecular weight is 270 g/mol. The zero-order valence-corrected chi connectivity index (χ0v) is 11.8. The fourth-order valence-electron chi connectivity index (χ4n) is 1.64. The van der Waals surface area contributed by atoms with Gasteiger partial charge in [0.1, 0.15) is 0 Å². The van der Waals surface area contributed by atoms with E-state index < -0.39 is 0 Å². The molecule has 1 N–H and O–H groups in total. The molecule has 2 atom stereocenters. The first-order chi connectivity index (χ1) is 8.41. The molecule has 0 bridgehead atoms. The number of hydrogen-bond acceptors (Lipinski definition) is 3. The number of rotatable bonds is 6. The van der Waals surface area contributed by atoms with E-state index >= 15 is 0 Å². The average Bonchev–Trinajstić information content (AvgIpc) is 2.35. The van der Waals surface area contributed by atoms with Crippen molar-refractivity contribution in [1.82, 2.24) is 4.90 Å². The minimum absolute atomic E-state index is 0.0692. The molecule has 0 spiro atoms. The third-order valence-corrected chi connectivity index (χ3v) is 3.32. The second-order valence-corrected chi connectivity index (χ2v) is 5.10. The summed E-state index contributed by atoms with van der Waals surface area (Å²) in [7, 11) is 1.89. The van der Waals surface area contributed by atoms with Gasteiger partial charge in [0.05, 0.1) is 12.1 Å². The summed E-state index contributed by atoms with van der Waals surface area (Å²) >= 11 is 5.79. The van der Waals surface area contributed by atoms with Gasteiger partial charge < -0.3 is 5.11 Å². The standard InChI is InChI=1S/C14H20ClNO2/c1-10(17)8-9-16(3)11(2)14(18)12-4-6-13(15)7-5-12/h4-7,10-11,17H,8-9H2,1-3H3. The Bertz CT molecular complexity index is 389. The minimum Gasteiger partial charge on any atom is -0.393 e. The Balaban J connectivity index is 2.62. The second kappa shape index (κ2) is 6.88. The van der Waals surface area contributed by atoms with Gasteiger partial charge in [-0.1, -0.05) is 11.6 Å². The largest absolute Gasteiger partial charge is 0.393 e. The topological polar surface area (TPSA) is 40.5 Å². The molecule has 4 heteroatoms. The molecular weight excluding hydrogens is 250 g/mol. The van der Waals surface area contributed by atoms with Crippen molar-refractivity contribution in [3.8, 4) is 0 Å². The minimum atomic E-state index is -0.342. The van der Waals surface area contributed by atoms with Crippen LogP contribution in [-0.4, -0.2) is 41.5 Å². The van der Waals surface area contributed by atoms with E-state index in [1.54, 1.807) is 31.2 Å². The van der Waals surface area contributed by atoms with Gasteiger partial charge in [-0.2, -0.15) is 0 Å². The van der Waals surface area contributed by atoms with Crippen LogP contribution in [0.15, 0.2) is 24.3 Å². The van der Waals surface area contributed by atoms with E-state index in [9.17, 15) is 9.90 Å². The third-order valence-electron chi connectivity index (χ3n) is 3.07. The molecule has 0 aromatic heterocycles. The lowest BCUT2D eigenvalue weighted by Crippen LogP contribution is -2.37. The molecule has 0 saturated heterocycles. The number of benzene rings is 1. The lowest BCUT2D eigenvalue weighted by Gasteiger charge is -2.24. The maximum Gasteiger partial charge on any atom is 0.179 e. The Morgan fingerprint density at radius 2 is 1.89 bits per heavy atom. The van der Waals surface area contributed by atoms with E-state index in [1.165, 1.54) is 0 Å². The zero-order valence-electron chi connectivity index (χ0n) is 11.1. The van der Waals surface area contributed by atoms with Crippen LogP contribution in [0.1, 0.15) is 30.6 Å². The first kappa shape index (κ1) is 15.2. The molecule has 1 rings (SSSR count). The van der Waals surface area contributed by atoms with Gasteiger partial charge in [0, 0.05) is 17.1 Å². The molecule has 1 aromatic rings. The van der Waals surface area contributed by atoms with Crippen molar-refractivity contribution in [1.29, 1.82) is 0 Å². The van der Waals surface area contributed by atoms with Gasteiger partial charge in [-0.25, -0.2) is 0 Å². The molecule has 0 aliphatic rings. The van der Waals surface area contributed by atoms with Crippen LogP contribution in [0.3, 0.4) is 0 Å². The highest BCUT2D eigenvalue weighted by Crippen LogP contribution is 2.13. The summed E-state index contributed by atoms with van der Waals surface area (Å²) < 4.78 is 0. The number of ketones is 1. The number of likely N-dealkylation sites (N-methyl/N-ethyl adjacent to an activating group) is 1. The zero-order chi connectivity index (χ0) is 13.7. The van der Waals surface area contributed by atoms with E-state index in [0.29, 0.717) is 23.6 Å². The van der Waals surface area contributed by atoms with Crippen LogP contribution in [0, 0.1) is 0 Å². The van der Waals surface area contributed by atoms with Crippen LogP contribution >= 0.6 is 11.6 Å². The molecule has 3 nitrogen and oxygen atoms in total. The summed E-state index contributed by atoms with van der Waals surface area (Å²) in [6, 6.07) is 6.71. The van der Waals surface area contributed by atoms with Crippen molar-refractivity contribution < 1.29 is 9.90 Å². The van der Waals surface area contributed by atoms with Crippen molar-refractivity contribution in [3.05, 3.63) is 34.9 Å². The Labute approximate surface area is 113 Å². The Hall–Kier alpha value is -0.900. The molecule has 0 fully saturated rings. The van der Waals surface area contributed by atoms with Crippen LogP contribution in [0.4, 0.5) is 0 Å². The number of nitrogens with zero attached hydrogens (tertiary/aromatic N) is 1. The SMILES string of the molecule is CC(O)CCN(C)C(C)C(=O)c1ccc(Cl)cc1. The number of Topliss-reactive ketones (excluding diaryl/α,β-unsaturated/α-hetero) is 1. The maximum atomic E-state index is 12.2. The molecule has 2 unspecified atom stereocenters. The van der Waals surface area contributed by atoms with Crippen molar-refractivity contribution >= 4 is 17.4 Å². The van der Waals surface area contributed by atoms with E-state index in [4.69, 9.17) is 11.6 Å². The summed E-state index contributed by atoms with van der Waals surface area (Å²) in [5.74, 6) is 0.0692. The molecule has 100 valence electrons. The van der Waals surface area contributed by atoms with E-state index in [2.05, 4.69) is 0 Å². The molecule has 18 heavy (non-hydrogen) atoms. The summed E-state index contributed by atoms with van der Waals surface area (Å²) in [4.78, 5) is 14.1. The number of carbonyl (C=O) groups excluding carboxylic acids is 1. The second-order valence-electron chi connectivity index (χ2n) is 4.67. The fourth-order valence-corrected chi connectivity index (χ4v) is 1.77. The van der Waals surface area contributed by atoms with Crippen LogP contribution in [-0.2, 0) is 0 Å². The van der Waals surface area contributed by atoms with Crippen LogP contribution in [0.2, 0.25) is 5.02 Å².